The van der Waals surface area contributed by atoms with Gasteiger partial charge >= 0.3 is 0 Å². The van der Waals surface area contributed by atoms with Crippen LogP contribution in [-0.2, 0) is 11.2 Å². The lowest BCUT2D eigenvalue weighted by Crippen LogP contribution is -2.48. The maximum Gasteiger partial charge on any atom is 0.255 e. The monoisotopic (exact) mass is 531 g/mol. The van der Waals surface area contributed by atoms with Crippen molar-refractivity contribution < 1.29 is 24.2 Å². The van der Waals surface area contributed by atoms with Crippen molar-refractivity contribution >= 4 is 23.4 Å². The van der Waals surface area contributed by atoms with Crippen LogP contribution in [0.4, 0.5) is 5.69 Å². The van der Waals surface area contributed by atoms with Crippen LogP contribution >= 0.6 is 0 Å². The molecule has 39 heavy (non-hydrogen) atoms. The molecule has 0 saturated carbocycles. The molecule has 0 saturated heterocycles. The number of methoxy groups -OCH3 is 1. The second kappa shape index (κ2) is 15.2. The number of ether oxygens (including phenoxy) is 1. The summed E-state index contributed by atoms with van der Waals surface area (Å²) in [6.07, 6.45) is 5.58. The number of benzene rings is 3. The standard InChI is InChI=1S/C31H37N3O5/c1-3-4-5-6-9-20-32-31(38)28(21-22-12-16-24(35)17-13-22)34-30(37)26-10-7-8-11-27(26)33-29(36)23-14-18-25(39-2)19-15-23/h7-8,10-19,28,35H,3-6,9,20-21H2,1-2H3,(H,32,38)(H,33,36)(H,34,37). The van der Waals surface area contributed by atoms with Crippen molar-refractivity contribution in [3.05, 3.63) is 89.5 Å². The van der Waals surface area contributed by atoms with Gasteiger partial charge in [0.1, 0.15) is 17.5 Å². The van der Waals surface area contributed by atoms with Crippen LogP contribution in [0.5, 0.6) is 11.5 Å². The highest BCUT2D eigenvalue weighted by Gasteiger charge is 2.23. The number of unbranched alkanes of at least 4 members (excludes halogenated alkanes) is 4. The fourth-order valence-corrected chi connectivity index (χ4v) is 4.10. The first-order valence-electron chi connectivity index (χ1n) is 13.3. The predicted octanol–water partition coefficient (Wildman–Crippen LogP) is 5.08. The molecule has 0 fully saturated rings. The molecule has 3 rings (SSSR count). The van der Waals surface area contributed by atoms with Gasteiger partial charge in [0.15, 0.2) is 0 Å². The Morgan fingerprint density at radius 1 is 0.846 bits per heavy atom. The molecule has 0 bridgehead atoms. The average Bonchev–Trinajstić information content (AvgIpc) is 2.95. The van der Waals surface area contributed by atoms with Crippen molar-refractivity contribution in [2.24, 2.45) is 0 Å². The number of phenols is 1. The third-order valence-corrected chi connectivity index (χ3v) is 6.35. The SMILES string of the molecule is CCCCCCCNC(=O)C(Cc1ccc(O)cc1)NC(=O)c1ccccc1NC(=O)c1ccc(OC)cc1. The van der Waals surface area contributed by atoms with Gasteiger partial charge in [-0.2, -0.15) is 0 Å². The van der Waals surface area contributed by atoms with Gasteiger partial charge in [-0.3, -0.25) is 14.4 Å². The van der Waals surface area contributed by atoms with Crippen LogP contribution in [0.3, 0.4) is 0 Å². The van der Waals surface area contributed by atoms with Crippen molar-refractivity contribution in [2.75, 3.05) is 19.0 Å². The molecule has 0 aliphatic rings. The molecular weight excluding hydrogens is 494 g/mol. The molecule has 0 heterocycles. The summed E-state index contributed by atoms with van der Waals surface area (Å²) < 4.78 is 5.14. The number of para-hydroxylation sites is 1. The number of nitrogens with one attached hydrogen (secondary N) is 3. The highest BCUT2D eigenvalue weighted by atomic mass is 16.5. The van der Waals surface area contributed by atoms with E-state index >= 15 is 0 Å². The van der Waals surface area contributed by atoms with Gasteiger partial charge in [-0.1, -0.05) is 56.9 Å². The maximum atomic E-state index is 13.4. The van der Waals surface area contributed by atoms with E-state index < -0.39 is 11.9 Å². The number of carbonyl (C=O) groups excluding carboxylic acids is 3. The highest BCUT2D eigenvalue weighted by molar-refractivity contribution is 6.09. The molecule has 0 radical (unpaired) electrons. The fraction of sp³-hybridized carbons (Fsp3) is 0.323. The summed E-state index contributed by atoms with van der Waals surface area (Å²) in [6, 6.07) is 19.0. The van der Waals surface area contributed by atoms with Crippen molar-refractivity contribution in [1.82, 2.24) is 10.6 Å². The van der Waals surface area contributed by atoms with E-state index in [2.05, 4.69) is 22.9 Å². The zero-order chi connectivity index (χ0) is 28.0. The minimum atomic E-state index is -0.844. The first-order valence-corrected chi connectivity index (χ1v) is 13.3. The molecule has 3 aromatic rings. The normalized spacial score (nSPS) is 11.3. The quantitative estimate of drug-likeness (QED) is 0.217. The first-order chi connectivity index (χ1) is 18.9. The zero-order valence-electron chi connectivity index (χ0n) is 22.5. The maximum absolute atomic E-state index is 13.4. The third kappa shape index (κ3) is 9.17. The Kier molecular flexibility index (Phi) is 11.4. The van der Waals surface area contributed by atoms with Gasteiger partial charge in [-0.25, -0.2) is 0 Å². The predicted molar refractivity (Wildman–Crippen MR) is 152 cm³/mol. The van der Waals surface area contributed by atoms with Crippen LogP contribution in [0, 0.1) is 0 Å². The summed E-state index contributed by atoms with van der Waals surface area (Å²) >= 11 is 0. The van der Waals surface area contributed by atoms with Crippen LogP contribution in [0.15, 0.2) is 72.8 Å². The van der Waals surface area contributed by atoms with Crippen molar-refractivity contribution in [1.29, 1.82) is 0 Å². The molecule has 3 aromatic carbocycles. The van der Waals surface area contributed by atoms with Crippen LogP contribution in [0.25, 0.3) is 0 Å². The molecule has 1 unspecified atom stereocenters. The summed E-state index contributed by atoms with van der Waals surface area (Å²) in [5.74, 6) is -0.392. The molecule has 1 atom stereocenters. The van der Waals surface area contributed by atoms with E-state index in [0.717, 1.165) is 31.2 Å². The summed E-state index contributed by atoms with van der Waals surface area (Å²) in [4.78, 5) is 39.3. The lowest BCUT2D eigenvalue weighted by molar-refractivity contribution is -0.122. The van der Waals surface area contributed by atoms with E-state index in [0.29, 0.717) is 23.5 Å². The van der Waals surface area contributed by atoms with E-state index in [1.807, 2.05) is 0 Å². The lowest BCUT2D eigenvalue weighted by atomic mass is 10.0. The Labute approximate surface area is 229 Å². The van der Waals surface area contributed by atoms with Gasteiger partial charge < -0.3 is 25.8 Å². The number of hydrogen-bond acceptors (Lipinski definition) is 5. The summed E-state index contributed by atoms with van der Waals surface area (Å²) in [6.45, 7) is 2.68. The Morgan fingerprint density at radius 2 is 1.54 bits per heavy atom. The minimum Gasteiger partial charge on any atom is -0.508 e. The van der Waals surface area contributed by atoms with Crippen LogP contribution in [0.2, 0.25) is 0 Å². The number of carbonyl (C=O) groups is 3. The Morgan fingerprint density at radius 3 is 2.23 bits per heavy atom. The smallest absolute Gasteiger partial charge is 0.255 e. The summed E-state index contributed by atoms with van der Waals surface area (Å²) in [5, 5.41) is 18.2. The third-order valence-electron chi connectivity index (χ3n) is 6.35. The lowest BCUT2D eigenvalue weighted by Gasteiger charge is -2.20. The number of rotatable bonds is 14. The molecule has 0 aromatic heterocycles. The van der Waals surface area contributed by atoms with Gasteiger partial charge in [-0.15, -0.1) is 0 Å². The second-order valence-corrected chi connectivity index (χ2v) is 9.33. The molecule has 3 amide bonds. The van der Waals surface area contributed by atoms with Gasteiger partial charge in [0, 0.05) is 18.5 Å². The Hall–Kier alpha value is -4.33. The second-order valence-electron chi connectivity index (χ2n) is 9.33. The number of aromatic hydroxyl groups is 1. The van der Waals surface area contributed by atoms with Gasteiger partial charge in [0.25, 0.3) is 11.8 Å². The molecule has 0 spiro atoms. The largest absolute Gasteiger partial charge is 0.508 e. The van der Waals surface area contributed by atoms with Crippen molar-refractivity contribution in [3.63, 3.8) is 0 Å². The molecular formula is C31H37N3O5. The number of hydrogen-bond donors (Lipinski definition) is 4. The molecule has 0 aliphatic heterocycles. The summed E-state index contributed by atoms with van der Waals surface area (Å²) in [7, 11) is 1.55. The molecule has 206 valence electrons. The molecule has 0 aliphatic carbocycles. The van der Waals surface area contributed by atoms with Gasteiger partial charge in [0.05, 0.1) is 18.4 Å². The zero-order valence-corrected chi connectivity index (χ0v) is 22.5. The van der Waals surface area contributed by atoms with Gasteiger partial charge in [-0.05, 0) is 60.5 Å². The van der Waals surface area contributed by atoms with Crippen molar-refractivity contribution in [2.45, 2.75) is 51.5 Å². The van der Waals surface area contributed by atoms with Crippen LogP contribution < -0.4 is 20.7 Å². The number of amides is 3. The average molecular weight is 532 g/mol. The Bertz CT molecular complexity index is 1230. The van der Waals surface area contributed by atoms with E-state index in [-0.39, 0.29) is 29.5 Å². The first kappa shape index (κ1) is 29.2. The molecule has 8 nitrogen and oxygen atoms in total. The topological polar surface area (TPSA) is 117 Å². The minimum absolute atomic E-state index is 0.123. The highest BCUT2D eigenvalue weighted by Crippen LogP contribution is 2.19. The molecule has 8 heteroatoms. The van der Waals surface area contributed by atoms with E-state index in [9.17, 15) is 19.5 Å². The van der Waals surface area contributed by atoms with E-state index in [1.165, 1.54) is 6.42 Å². The van der Waals surface area contributed by atoms with Gasteiger partial charge in [0.2, 0.25) is 5.91 Å². The van der Waals surface area contributed by atoms with Crippen molar-refractivity contribution in [3.8, 4) is 11.5 Å². The molecule has 4 N–H and O–H groups in total. The van der Waals surface area contributed by atoms with E-state index in [1.54, 1.807) is 79.9 Å². The van der Waals surface area contributed by atoms with Crippen LogP contribution in [0.1, 0.15) is 65.3 Å². The summed E-state index contributed by atoms with van der Waals surface area (Å²) in [5.41, 5.74) is 1.77. The van der Waals surface area contributed by atoms with Crippen LogP contribution in [-0.4, -0.2) is 42.5 Å². The van der Waals surface area contributed by atoms with E-state index in [4.69, 9.17) is 4.74 Å². The Balaban J connectivity index is 1.72. The number of anilines is 1. The number of phenolic OH excluding ortho intramolecular Hbond substituents is 1. The fourth-order valence-electron chi connectivity index (χ4n) is 4.10.